The molecule has 7 heteroatoms. The van der Waals surface area contributed by atoms with Gasteiger partial charge in [-0.05, 0) is 38.8 Å². The molecule has 0 spiro atoms. The third-order valence-corrected chi connectivity index (χ3v) is 5.73. The summed E-state index contributed by atoms with van der Waals surface area (Å²) in [5, 5.41) is 3.00. The Kier molecular flexibility index (Phi) is 4.65. The maximum atomic E-state index is 14.4. The summed E-state index contributed by atoms with van der Waals surface area (Å²) < 4.78 is 54.0. The minimum Gasteiger partial charge on any atom is -0.310 e. The highest BCUT2D eigenvalue weighted by atomic mass is 32.2. The number of nitrogens with one attached hydrogen (secondary N) is 1. The molecule has 0 unspecified atom stereocenters. The first kappa shape index (κ1) is 16.3. The van der Waals surface area contributed by atoms with Crippen LogP contribution in [0, 0.1) is 11.6 Å². The van der Waals surface area contributed by atoms with Gasteiger partial charge in [-0.25, -0.2) is 17.2 Å². The first-order chi connectivity index (χ1) is 9.75. The van der Waals surface area contributed by atoms with Gasteiger partial charge in [0.1, 0.15) is 10.7 Å². The fourth-order valence-electron chi connectivity index (χ4n) is 1.90. The van der Waals surface area contributed by atoms with Crippen LogP contribution in [-0.2, 0) is 16.6 Å². The van der Waals surface area contributed by atoms with Crippen molar-refractivity contribution in [1.29, 1.82) is 0 Å². The van der Waals surface area contributed by atoms with Crippen molar-refractivity contribution in [1.82, 2.24) is 9.62 Å². The van der Waals surface area contributed by atoms with Crippen molar-refractivity contribution in [2.75, 3.05) is 7.05 Å². The van der Waals surface area contributed by atoms with Gasteiger partial charge in [0.05, 0.1) is 0 Å². The van der Waals surface area contributed by atoms with E-state index >= 15 is 0 Å². The average molecular weight is 318 g/mol. The van der Waals surface area contributed by atoms with E-state index in [4.69, 9.17) is 0 Å². The van der Waals surface area contributed by atoms with Crippen LogP contribution < -0.4 is 5.32 Å². The van der Waals surface area contributed by atoms with E-state index in [-0.39, 0.29) is 24.2 Å². The molecule has 1 aliphatic rings. The Morgan fingerprint density at radius 2 is 1.95 bits per heavy atom. The summed E-state index contributed by atoms with van der Waals surface area (Å²) in [4.78, 5) is -0.479. The summed E-state index contributed by atoms with van der Waals surface area (Å²) in [5.74, 6) is -1.73. The Bertz CT molecular complexity index is 628. The maximum Gasteiger partial charge on any atom is 0.245 e. The fourth-order valence-corrected chi connectivity index (χ4v) is 3.36. The second-order valence-electron chi connectivity index (χ2n) is 5.61. The molecule has 1 aliphatic carbocycles. The highest BCUT2D eigenvalue weighted by Crippen LogP contribution is 2.26. The SMILES string of the molecule is CC(C)N(C)S(=O)(=O)c1ccc(F)c(CNC2CC2)c1F. The summed E-state index contributed by atoms with van der Waals surface area (Å²) in [6.07, 6.45) is 1.97. The average Bonchev–Trinajstić information content (AvgIpc) is 3.21. The Morgan fingerprint density at radius 1 is 1.33 bits per heavy atom. The molecule has 0 amide bonds. The van der Waals surface area contributed by atoms with E-state index in [9.17, 15) is 17.2 Å². The van der Waals surface area contributed by atoms with Crippen LogP contribution in [0.3, 0.4) is 0 Å². The highest BCUT2D eigenvalue weighted by molar-refractivity contribution is 7.89. The molecule has 0 aliphatic heterocycles. The van der Waals surface area contributed by atoms with Gasteiger partial charge < -0.3 is 5.32 Å². The van der Waals surface area contributed by atoms with E-state index in [1.807, 2.05) is 0 Å². The number of nitrogens with zero attached hydrogens (tertiary/aromatic N) is 1. The van der Waals surface area contributed by atoms with Crippen molar-refractivity contribution in [3.05, 3.63) is 29.3 Å². The number of hydrogen-bond donors (Lipinski definition) is 1. The van der Waals surface area contributed by atoms with E-state index in [0.717, 1.165) is 29.3 Å². The van der Waals surface area contributed by atoms with Crippen molar-refractivity contribution < 1.29 is 17.2 Å². The van der Waals surface area contributed by atoms with E-state index < -0.39 is 26.6 Å². The molecule has 1 aromatic carbocycles. The molecule has 0 bridgehead atoms. The second-order valence-corrected chi connectivity index (χ2v) is 7.57. The molecule has 118 valence electrons. The summed E-state index contributed by atoms with van der Waals surface area (Å²) >= 11 is 0. The van der Waals surface area contributed by atoms with Crippen molar-refractivity contribution >= 4 is 10.0 Å². The summed E-state index contributed by atoms with van der Waals surface area (Å²) in [6.45, 7) is 3.38. The molecule has 4 nitrogen and oxygen atoms in total. The van der Waals surface area contributed by atoms with Gasteiger partial charge in [-0.2, -0.15) is 4.31 Å². The zero-order chi connectivity index (χ0) is 15.8. The lowest BCUT2D eigenvalue weighted by Gasteiger charge is -2.22. The Labute approximate surface area is 124 Å². The van der Waals surface area contributed by atoms with E-state index in [1.165, 1.54) is 7.05 Å². The van der Waals surface area contributed by atoms with Crippen molar-refractivity contribution in [2.24, 2.45) is 0 Å². The van der Waals surface area contributed by atoms with Crippen LogP contribution in [0.4, 0.5) is 8.78 Å². The zero-order valence-electron chi connectivity index (χ0n) is 12.4. The molecule has 1 saturated carbocycles. The van der Waals surface area contributed by atoms with Gasteiger partial charge in [0.25, 0.3) is 0 Å². The molecule has 0 aromatic heterocycles. The number of benzene rings is 1. The predicted octanol–water partition coefficient (Wildman–Crippen LogP) is 2.25. The summed E-state index contributed by atoms with van der Waals surface area (Å²) in [6, 6.07) is 1.96. The van der Waals surface area contributed by atoms with Gasteiger partial charge in [-0.15, -0.1) is 0 Å². The molecule has 0 saturated heterocycles. The van der Waals surface area contributed by atoms with Gasteiger partial charge in [0.15, 0.2) is 5.82 Å². The molecule has 21 heavy (non-hydrogen) atoms. The second kappa shape index (κ2) is 5.98. The Balaban J connectivity index is 2.37. The Hall–Kier alpha value is -1.05. The van der Waals surface area contributed by atoms with Gasteiger partial charge in [0, 0.05) is 31.2 Å². The third kappa shape index (κ3) is 3.41. The van der Waals surface area contributed by atoms with Gasteiger partial charge in [-0.3, -0.25) is 0 Å². The number of hydrogen-bond acceptors (Lipinski definition) is 3. The van der Waals surface area contributed by atoms with Crippen molar-refractivity contribution in [3.63, 3.8) is 0 Å². The van der Waals surface area contributed by atoms with Crippen LogP contribution in [0.2, 0.25) is 0 Å². The van der Waals surface area contributed by atoms with E-state index in [0.29, 0.717) is 0 Å². The van der Waals surface area contributed by atoms with Crippen LogP contribution in [0.5, 0.6) is 0 Å². The lowest BCUT2D eigenvalue weighted by molar-refractivity contribution is 0.405. The highest BCUT2D eigenvalue weighted by Gasteiger charge is 2.29. The minimum atomic E-state index is -3.97. The number of halogens is 2. The number of rotatable bonds is 6. The number of sulfonamides is 1. The van der Waals surface area contributed by atoms with E-state index in [1.54, 1.807) is 13.8 Å². The molecular formula is C14H20F2N2O2S. The zero-order valence-corrected chi connectivity index (χ0v) is 13.2. The molecule has 0 heterocycles. The maximum absolute atomic E-state index is 14.4. The monoisotopic (exact) mass is 318 g/mol. The van der Waals surface area contributed by atoms with Crippen LogP contribution >= 0.6 is 0 Å². The van der Waals surface area contributed by atoms with E-state index in [2.05, 4.69) is 5.32 Å². The molecule has 0 radical (unpaired) electrons. The smallest absolute Gasteiger partial charge is 0.245 e. The molecule has 0 atom stereocenters. The lowest BCUT2D eigenvalue weighted by atomic mass is 10.2. The first-order valence-corrected chi connectivity index (χ1v) is 8.37. The summed E-state index contributed by atoms with van der Waals surface area (Å²) in [5.41, 5.74) is -0.222. The van der Waals surface area contributed by atoms with Gasteiger partial charge in [-0.1, -0.05) is 0 Å². The lowest BCUT2D eigenvalue weighted by Crippen LogP contribution is -2.34. The molecule has 1 fully saturated rings. The molecular weight excluding hydrogens is 298 g/mol. The van der Waals surface area contributed by atoms with Crippen molar-refractivity contribution in [2.45, 2.75) is 50.2 Å². The summed E-state index contributed by atoms with van der Waals surface area (Å²) in [7, 11) is -2.59. The quantitative estimate of drug-likeness (QED) is 0.875. The standard InChI is InChI=1S/C14H20F2N2O2S/c1-9(2)18(3)21(19,20)13-7-6-12(15)11(14(13)16)8-17-10-4-5-10/h6-7,9-10,17H,4-5,8H2,1-3H3. The minimum absolute atomic E-state index is 0.00289. The van der Waals surface area contributed by atoms with Gasteiger partial charge in [0.2, 0.25) is 10.0 Å². The molecule has 2 rings (SSSR count). The molecule has 1 aromatic rings. The fraction of sp³-hybridized carbons (Fsp3) is 0.571. The van der Waals surface area contributed by atoms with Crippen molar-refractivity contribution in [3.8, 4) is 0 Å². The van der Waals surface area contributed by atoms with Gasteiger partial charge >= 0.3 is 0 Å². The topological polar surface area (TPSA) is 49.4 Å². The van der Waals surface area contributed by atoms with Crippen LogP contribution in [0.1, 0.15) is 32.3 Å². The largest absolute Gasteiger partial charge is 0.310 e. The predicted molar refractivity (Wildman–Crippen MR) is 76.3 cm³/mol. The normalized spacial score (nSPS) is 16.0. The van der Waals surface area contributed by atoms with Crippen LogP contribution in [-0.4, -0.2) is 31.9 Å². The van der Waals surface area contributed by atoms with Crippen LogP contribution in [0.25, 0.3) is 0 Å². The third-order valence-electron chi connectivity index (χ3n) is 3.68. The first-order valence-electron chi connectivity index (χ1n) is 6.93. The van der Waals surface area contributed by atoms with Crippen LogP contribution in [0.15, 0.2) is 17.0 Å². The molecule has 1 N–H and O–H groups in total. The Morgan fingerprint density at radius 3 is 2.48 bits per heavy atom.